The molecule has 1 aliphatic carbocycles. The molecule has 0 spiro atoms. The number of nitrogens with one attached hydrogen (secondary N) is 2. The third kappa shape index (κ3) is 4.37. The minimum Gasteiger partial charge on any atom is -0.380 e. The van der Waals surface area contributed by atoms with Crippen LogP contribution in [-0.4, -0.2) is 31.9 Å². The first-order valence-electron chi connectivity index (χ1n) is 8.13. The molecule has 3 rings (SSSR count). The quantitative estimate of drug-likeness (QED) is 0.863. The molecular formula is C17H23ClN2O3. The summed E-state index contributed by atoms with van der Waals surface area (Å²) in [5, 5.41) is 6.53. The third-order valence-electron chi connectivity index (χ3n) is 4.45. The molecule has 0 unspecified atom stereocenters. The number of anilines is 1. The van der Waals surface area contributed by atoms with E-state index in [-0.39, 0.29) is 12.1 Å². The molecule has 2 N–H and O–H groups in total. The second kappa shape index (κ2) is 7.51. The third-order valence-corrected chi connectivity index (χ3v) is 4.81. The number of carbonyl (C=O) groups excluding carboxylic acids is 1. The highest BCUT2D eigenvalue weighted by Gasteiger charge is 2.36. The molecule has 0 bridgehead atoms. The standard InChI is InChI=1S/C17H23ClN2O3/c1-22-10-13-14(18)3-2-4-15(13)20-17(21)19-12-7-8-23-16(9-12)11-5-6-11/h2-4,11-12,16H,5-10H2,1H3,(H2,19,20,21)/t12-,16-/m1/s1. The Balaban J connectivity index is 1.57. The zero-order valence-electron chi connectivity index (χ0n) is 13.3. The topological polar surface area (TPSA) is 59.6 Å². The predicted molar refractivity (Wildman–Crippen MR) is 89.8 cm³/mol. The van der Waals surface area contributed by atoms with Crippen LogP contribution in [0.3, 0.4) is 0 Å². The van der Waals surface area contributed by atoms with E-state index in [1.165, 1.54) is 12.8 Å². The van der Waals surface area contributed by atoms with E-state index in [0.717, 1.165) is 25.0 Å². The molecule has 5 nitrogen and oxygen atoms in total. The van der Waals surface area contributed by atoms with Gasteiger partial charge in [-0.3, -0.25) is 0 Å². The Bertz CT molecular complexity index is 563. The van der Waals surface area contributed by atoms with Crippen molar-refractivity contribution in [2.45, 2.75) is 44.4 Å². The van der Waals surface area contributed by atoms with Crippen molar-refractivity contribution in [3.05, 3.63) is 28.8 Å². The summed E-state index contributed by atoms with van der Waals surface area (Å²) in [5.41, 5.74) is 1.47. The first kappa shape index (κ1) is 16.6. The fourth-order valence-electron chi connectivity index (χ4n) is 3.07. The van der Waals surface area contributed by atoms with Crippen molar-refractivity contribution in [2.75, 3.05) is 19.0 Å². The summed E-state index contributed by atoms with van der Waals surface area (Å²) in [6, 6.07) is 5.40. The first-order chi connectivity index (χ1) is 11.2. The van der Waals surface area contributed by atoms with E-state index in [4.69, 9.17) is 21.1 Å². The maximum absolute atomic E-state index is 12.3. The van der Waals surface area contributed by atoms with Crippen LogP contribution in [0, 0.1) is 5.92 Å². The van der Waals surface area contributed by atoms with Crippen molar-refractivity contribution >= 4 is 23.3 Å². The molecule has 1 saturated heterocycles. The molecule has 2 amide bonds. The average Bonchev–Trinajstić information content (AvgIpc) is 3.36. The zero-order chi connectivity index (χ0) is 16.2. The molecule has 126 valence electrons. The van der Waals surface area contributed by atoms with Gasteiger partial charge in [-0.15, -0.1) is 0 Å². The van der Waals surface area contributed by atoms with Gasteiger partial charge in [0.05, 0.1) is 12.7 Å². The fourth-order valence-corrected chi connectivity index (χ4v) is 3.30. The number of hydrogen-bond donors (Lipinski definition) is 2. The van der Waals surface area contributed by atoms with Crippen LogP contribution in [0.1, 0.15) is 31.2 Å². The van der Waals surface area contributed by atoms with E-state index >= 15 is 0 Å². The monoisotopic (exact) mass is 338 g/mol. The van der Waals surface area contributed by atoms with Crippen LogP contribution in [0.5, 0.6) is 0 Å². The Kier molecular flexibility index (Phi) is 5.41. The number of hydrogen-bond acceptors (Lipinski definition) is 3. The van der Waals surface area contributed by atoms with Crippen molar-refractivity contribution < 1.29 is 14.3 Å². The highest BCUT2D eigenvalue weighted by molar-refractivity contribution is 6.31. The lowest BCUT2D eigenvalue weighted by atomic mass is 10.0. The van der Waals surface area contributed by atoms with Crippen LogP contribution in [0.2, 0.25) is 5.02 Å². The predicted octanol–water partition coefficient (Wildman–Crippen LogP) is 3.57. The Hall–Kier alpha value is -1.30. The molecule has 6 heteroatoms. The fraction of sp³-hybridized carbons (Fsp3) is 0.588. The lowest BCUT2D eigenvalue weighted by molar-refractivity contribution is -0.00889. The molecule has 0 aromatic heterocycles. The molecule has 1 aromatic rings. The largest absolute Gasteiger partial charge is 0.380 e. The van der Waals surface area contributed by atoms with Crippen LogP contribution in [0.15, 0.2) is 18.2 Å². The highest BCUT2D eigenvalue weighted by Crippen LogP contribution is 2.38. The summed E-state index contributed by atoms with van der Waals surface area (Å²) < 4.78 is 10.9. The van der Waals surface area contributed by atoms with Gasteiger partial charge in [0.15, 0.2) is 0 Å². The molecule has 1 heterocycles. The van der Waals surface area contributed by atoms with Crippen molar-refractivity contribution in [2.24, 2.45) is 5.92 Å². The van der Waals surface area contributed by atoms with Crippen molar-refractivity contribution in [3.63, 3.8) is 0 Å². The van der Waals surface area contributed by atoms with Gasteiger partial charge in [-0.1, -0.05) is 17.7 Å². The van der Waals surface area contributed by atoms with Crippen LogP contribution >= 0.6 is 11.6 Å². The molecule has 23 heavy (non-hydrogen) atoms. The molecule has 2 atom stereocenters. The van der Waals surface area contributed by atoms with Gasteiger partial charge in [0.2, 0.25) is 0 Å². The number of ether oxygens (including phenoxy) is 2. The molecular weight excluding hydrogens is 316 g/mol. The molecule has 1 aliphatic heterocycles. The minimum atomic E-state index is -0.203. The summed E-state index contributed by atoms with van der Waals surface area (Å²) in [7, 11) is 1.60. The van der Waals surface area contributed by atoms with E-state index in [9.17, 15) is 4.79 Å². The van der Waals surface area contributed by atoms with Gasteiger partial charge in [-0.05, 0) is 43.7 Å². The lowest BCUT2D eigenvalue weighted by Crippen LogP contribution is -2.44. The Morgan fingerprint density at radius 3 is 2.96 bits per heavy atom. The maximum atomic E-state index is 12.3. The lowest BCUT2D eigenvalue weighted by Gasteiger charge is -2.30. The van der Waals surface area contributed by atoms with Gasteiger partial charge in [0, 0.05) is 36.0 Å². The van der Waals surface area contributed by atoms with Gasteiger partial charge < -0.3 is 20.1 Å². The minimum absolute atomic E-state index is 0.166. The van der Waals surface area contributed by atoms with Crippen LogP contribution in [0.4, 0.5) is 10.5 Å². The SMILES string of the molecule is COCc1c(Cl)cccc1NC(=O)N[C@@H]1CCO[C@@H](C2CC2)C1. The Morgan fingerprint density at radius 2 is 2.22 bits per heavy atom. The first-order valence-corrected chi connectivity index (χ1v) is 8.50. The van der Waals surface area contributed by atoms with Gasteiger partial charge in [-0.25, -0.2) is 4.79 Å². The second-order valence-electron chi connectivity index (χ2n) is 6.27. The summed E-state index contributed by atoms with van der Waals surface area (Å²) >= 11 is 6.18. The van der Waals surface area contributed by atoms with Gasteiger partial charge >= 0.3 is 6.03 Å². The van der Waals surface area contributed by atoms with E-state index in [1.807, 2.05) is 12.1 Å². The number of carbonyl (C=O) groups is 1. The van der Waals surface area contributed by atoms with E-state index in [1.54, 1.807) is 13.2 Å². The smallest absolute Gasteiger partial charge is 0.319 e. The molecule has 2 fully saturated rings. The average molecular weight is 339 g/mol. The van der Waals surface area contributed by atoms with Crippen molar-refractivity contribution in [1.29, 1.82) is 0 Å². The summed E-state index contributed by atoms with van der Waals surface area (Å²) in [6.45, 7) is 1.08. The number of benzene rings is 1. The normalized spacial score (nSPS) is 24.3. The van der Waals surface area contributed by atoms with Gasteiger partial charge in [0.1, 0.15) is 0 Å². The summed E-state index contributed by atoms with van der Waals surface area (Å²) in [5.74, 6) is 0.698. The number of rotatable bonds is 5. The van der Waals surface area contributed by atoms with Crippen molar-refractivity contribution in [1.82, 2.24) is 5.32 Å². The number of amides is 2. The molecule has 1 saturated carbocycles. The molecule has 1 aromatic carbocycles. The summed E-state index contributed by atoms with van der Waals surface area (Å²) in [6.07, 6.45) is 4.58. The van der Waals surface area contributed by atoms with Crippen LogP contribution in [0.25, 0.3) is 0 Å². The second-order valence-corrected chi connectivity index (χ2v) is 6.67. The van der Waals surface area contributed by atoms with E-state index < -0.39 is 0 Å². The number of urea groups is 1. The molecule has 2 aliphatic rings. The van der Waals surface area contributed by atoms with E-state index in [0.29, 0.717) is 29.3 Å². The molecule has 0 radical (unpaired) electrons. The zero-order valence-corrected chi connectivity index (χ0v) is 14.1. The van der Waals surface area contributed by atoms with Crippen LogP contribution in [-0.2, 0) is 16.1 Å². The summed E-state index contributed by atoms with van der Waals surface area (Å²) in [4.78, 5) is 12.3. The van der Waals surface area contributed by atoms with Gasteiger partial charge in [-0.2, -0.15) is 0 Å². The highest BCUT2D eigenvalue weighted by atomic mass is 35.5. The van der Waals surface area contributed by atoms with E-state index in [2.05, 4.69) is 10.6 Å². The van der Waals surface area contributed by atoms with Crippen molar-refractivity contribution in [3.8, 4) is 0 Å². The Labute approximate surface area is 141 Å². The number of halogens is 1. The maximum Gasteiger partial charge on any atom is 0.319 e. The van der Waals surface area contributed by atoms with Gasteiger partial charge in [0.25, 0.3) is 0 Å². The van der Waals surface area contributed by atoms with Crippen LogP contribution < -0.4 is 10.6 Å². The number of methoxy groups -OCH3 is 1. The Morgan fingerprint density at radius 1 is 1.39 bits per heavy atom.